The number of hydrogen-bond acceptors (Lipinski definition) is 2. The van der Waals surface area contributed by atoms with Gasteiger partial charge in [-0.05, 0) is 24.6 Å². The van der Waals surface area contributed by atoms with E-state index in [0.29, 0.717) is 13.1 Å². The van der Waals surface area contributed by atoms with Gasteiger partial charge in [0.05, 0.1) is 6.10 Å². The highest BCUT2D eigenvalue weighted by molar-refractivity contribution is 5.79. The van der Waals surface area contributed by atoms with E-state index < -0.39 is 0 Å². The van der Waals surface area contributed by atoms with Gasteiger partial charge < -0.3 is 15.0 Å². The Morgan fingerprint density at radius 3 is 2.93 bits per heavy atom. The molecule has 3 nitrogen and oxygen atoms in total. The molecule has 0 spiro atoms. The van der Waals surface area contributed by atoms with Crippen LogP contribution in [-0.2, 0) is 6.54 Å². The smallest absolute Gasteiger partial charge is 0.0843 e. The van der Waals surface area contributed by atoms with Crippen molar-refractivity contribution >= 4 is 10.9 Å². The average molecular weight is 204 g/mol. The van der Waals surface area contributed by atoms with E-state index in [1.54, 1.807) is 0 Å². The molecule has 3 heteroatoms. The third-order valence-corrected chi connectivity index (χ3v) is 2.53. The topological polar surface area (TPSA) is 37.2 Å². The molecule has 0 saturated carbocycles. The summed E-state index contributed by atoms with van der Waals surface area (Å²) < 4.78 is 2.08. The first-order valence-corrected chi connectivity index (χ1v) is 5.18. The van der Waals surface area contributed by atoms with Crippen molar-refractivity contribution in [2.24, 2.45) is 0 Å². The van der Waals surface area contributed by atoms with Gasteiger partial charge in [-0.1, -0.05) is 18.2 Å². The minimum absolute atomic E-state index is 0.342. The van der Waals surface area contributed by atoms with E-state index in [4.69, 9.17) is 0 Å². The Morgan fingerprint density at radius 2 is 2.13 bits per heavy atom. The highest BCUT2D eigenvalue weighted by atomic mass is 16.3. The molecule has 0 aliphatic rings. The number of aliphatic hydroxyl groups excluding tert-OH is 1. The van der Waals surface area contributed by atoms with Crippen LogP contribution in [0.4, 0.5) is 0 Å². The molecule has 2 aromatic rings. The summed E-state index contributed by atoms with van der Waals surface area (Å²) in [5, 5.41) is 13.9. The van der Waals surface area contributed by atoms with E-state index in [0.717, 1.165) is 0 Å². The van der Waals surface area contributed by atoms with Gasteiger partial charge in [0.2, 0.25) is 0 Å². The van der Waals surface area contributed by atoms with Gasteiger partial charge in [0, 0.05) is 24.8 Å². The normalized spacial score (nSPS) is 13.2. The summed E-state index contributed by atoms with van der Waals surface area (Å²) in [5.41, 5.74) is 1.17. The highest BCUT2D eigenvalue weighted by Gasteiger charge is 2.05. The lowest BCUT2D eigenvalue weighted by Crippen LogP contribution is -2.27. The van der Waals surface area contributed by atoms with Crippen LogP contribution in [0.5, 0.6) is 0 Å². The largest absolute Gasteiger partial charge is 0.390 e. The predicted molar refractivity (Wildman–Crippen MR) is 61.9 cm³/mol. The molecule has 1 heterocycles. The van der Waals surface area contributed by atoms with Crippen LogP contribution in [0.2, 0.25) is 0 Å². The molecule has 0 bridgehead atoms. The summed E-state index contributed by atoms with van der Waals surface area (Å²) in [5.74, 6) is 0. The summed E-state index contributed by atoms with van der Waals surface area (Å²) in [4.78, 5) is 0. The van der Waals surface area contributed by atoms with Crippen molar-refractivity contribution < 1.29 is 5.11 Å². The zero-order chi connectivity index (χ0) is 10.7. The summed E-state index contributed by atoms with van der Waals surface area (Å²) >= 11 is 0. The van der Waals surface area contributed by atoms with Gasteiger partial charge in [-0.25, -0.2) is 0 Å². The van der Waals surface area contributed by atoms with Gasteiger partial charge in [0.15, 0.2) is 0 Å². The number of hydrogen-bond donors (Lipinski definition) is 2. The number of nitrogens with one attached hydrogen (secondary N) is 1. The first-order chi connectivity index (χ1) is 7.31. The maximum absolute atomic E-state index is 9.70. The third kappa shape index (κ3) is 2.19. The highest BCUT2D eigenvalue weighted by Crippen LogP contribution is 2.15. The first kappa shape index (κ1) is 10.2. The van der Waals surface area contributed by atoms with E-state index in [1.807, 2.05) is 25.4 Å². The van der Waals surface area contributed by atoms with Crippen molar-refractivity contribution in [2.45, 2.75) is 12.6 Å². The summed E-state index contributed by atoms with van der Waals surface area (Å²) in [7, 11) is 1.84. The Balaban J connectivity index is 2.21. The van der Waals surface area contributed by atoms with Crippen LogP contribution in [0.15, 0.2) is 36.5 Å². The fourth-order valence-electron chi connectivity index (χ4n) is 1.83. The maximum atomic E-state index is 9.70. The second-order valence-corrected chi connectivity index (χ2v) is 3.74. The minimum atomic E-state index is -0.342. The van der Waals surface area contributed by atoms with Crippen molar-refractivity contribution in [2.75, 3.05) is 13.6 Å². The lowest BCUT2D eigenvalue weighted by atomic mass is 10.2. The molecule has 2 rings (SSSR count). The van der Waals surface area contributed by atoms with Crippen LogP contribution in [0.3, 0.4) is 0 Å². The Kier molecular flexibility index (Phi) is 3.04. The maximum Gasteiger partial charge on any atom is 0.0843 e. The zero-order valence-electron chi connectivity index (χ0n) is 8.85. The molecule has 80 valence electrons. The Morgan fingerprint density at radius 1 is 1.33 bits per heavy atom. The van der Waals surface area contributed by atoms with Crippen LogP contribution in [-0.4, -0.2) is 29.4 Å². The van der Waals surface area contributed by atoms with Crippen molar-refractivity contribution in [1.29, 1.82) is 0 Å². The number of para-hydroxylation sites is 1. The molecule has 0 aliphatic carbocycles. The fourth-order valence-corrected chi connectivity index (χ4v) is 1.83. The molecule has 0 amide bonds. The fraction of sp³-hybridized carbons (Fsp3) is 0.333. The van der Waals surface area contributed by atoms with Gasteiger partial charge in [-0.15, -0.1) is 0 Å². The van der Waals surface area contributed by atoms with Gasteiger partial charge in [-0.3, -0.25) is 0 Å². The second kappa shape index (κ2) is 4.47. The molecule has 1 aromatic heterocycles. The lowest BCUT2D eigenvalue weighted by molar-refractivity contribution is 0.155. The van der Waals surface area contributed by atoms with E-state index in [2.05, 4.69) is 28.1 Å². The SMILES string of the molecule is CNC[C@H](O)Cn1ccc2ccccc21. The Labute approximate surface area is 89.3 Å². The number of likely N-dealkylation sites (N-methyl/N-ethyl adjacent to an activating group) is 1. The number of rotatable bonds is 4. The number of benzene rings is 1. The van der Waals surface area contributed by atoms with Crippen LogP contribution in [0, 0.1) is 0 Å². The second-order valence-electron chi connectivity index (χ2n) is 3.74. The molecule has 0 radical (unpaired) electrons. The van der Waals surface area contributed by atoms with Gasteiger partial charge in [0.1, 0.15) is 0 Å². The quantitative estimate of drug-likeness (QED) is 0.785. The van der Waals surface area contributed by atoms with E-state index in [1.165, 1.54) is 10.9 Å². The number of nitrogens with zero attached hydrogens (tertiary/aromatic N) is 1. The average Bonchev–Trinajstić information content (AvgIpc) is 2.62. The third-order valence-electron chi connectivity index (χ3n) is 2.53. The zero-order valence-corrected chi connectivity index (χ0v) is 8.85. The molecule has 0 aliphatic heterocycles. The number of fused-ring (bicyclic) bond motifs is 1. The van der Waals surface area contributed by atoms with Crippen molar-refractivity contribution in [1.82, 2.24) is 9.88 Å². The molecular formula is C12H16N2O. The molecule has 0 unspecified atom stereocenters. The molecule has 1 atom stereocenters. The molecule has 0 fully saturated rings. The standard InChI is InChI=1S/C12H16N2O/c1-13-8-11(15)9-14-7-6-10-4-2-3-5-12(10)14/h2-7,11,13,15H,8-9H2,1H3/t11-/m0/s1. The van der Waals surface area contributed by atoms with Crippen LogP contribution in [0.25, 0.3) is 10.9 Å². The number of aliphatic hydroxyl groups is 1. The van der Waals surface area contributed by atoms with Crippen LogP contribution in [0.1, 0.15) is 0 Å². The van der Waals surface area contributed by atoms with Crippen LogP contribution < -0.4 is 5.32 Å². The lowest BCUT2D eigenvalue weighted by Gasteiger charge is -2.11. The monoisotopic (exact) mass is 204 g/mol. The van der Waals surface area contributed by atoms with Gasteiger partial charge in [-0.2, -0.15) is 0 Å². The van der Waals surface area contributed by atoms with Crippen LogP contribution >= 0.6 is 0 Å². The van der Waals surface area contributed by atoms with Gasteiger partial charge in [0.25, 0.3) is 0 Å². The summed E-state index contributed by atoms with van der Waals surface area (Å²) in [6.07, 6.45) is 1.68. The van der Waals surface area contributed by atoms with E-state index in [-0.39, 0.29) is 6.10 Å². The van der Waals surface area contributed by atoms with Crippen molar-refractivity contribution in [3.63, 3.8) is 0 Å². The van der Waals surface area contributed by atoms with E-state index >= 15 is 0 Å². The molecule has 2 N–H and O–H groups in total. The Bertz CT molecular complexity index is 436. The first-order valence-electron chi connectivity index (χ1n) is 5.18. The minimum Gasteiger partial charge on any atom is -0.390 e. The van der Waals surface area contributed by atoms with E-state index in [9.17, 15) is 5.11 Å². The summed E-state index contributed by atoms with van der Waals surface area (Å²) in [6.45, 7) is 1.25. The molecule has 0 saturated heterocycles. The van der Waals surface area contributed by atoms with Crippen molar-refractivity contribution in [3.05, 3.63) is 36.5 Å². The van der Waals surface area contributed by atoms with Gasteiger partial charge >= 0.3 is 0 Å². The summed E-state index contributed by atoms with van der Waals surface area (Å²) in [6, 6.07) is 10.3. The number of aromatic nitrogens is 1. The predicted octanol–water partition coefficient (Wildman–Crippen LogP) is 1.22. The molecule has 1 aromatic carbocycles. The molecule has 15 heavy (non-hydrogen) atoms. The molecular weight excluding hydrogens is 188 g/mol. The van der Waals surface area contributed by atoms with Crippen molar-refractivity contribution in [3.8, 4) is 0 Å². The Hall–Kier alpha value is -1.32.